The summed E-state index contributed by atoms with van der Waals surface area (Å²) >= 11 is 0. The maximum atomic E-state index is 13.9. The third-order valence-electron chi connectivity index (χ3n) is 8.79. The minimum Gasteiger partial charge on any atom is -0.506 e. The van der Waals surface area contributed by atoms with Gasteiger partial charge in [-0.1, -0.05) is 38.1 Å². The van der Waals surface area contributed by atoms with Crippen LogP contribution in [0, 0.1) is 23.7 Å². The SMILES string of the molecule is CC(=O)c1cc(-c2ccc(C(C)C)cc2)c2c(c1O)C(=O)C1C(=O)C3(O)C(=O)C(C(C)=O)C(=O)CC3CC1C2. The zero-order valence-electron chi connectivity index (χ0n) is 22.2. The summed E-state index contributed by atoms with van der Waals surface area (Å²) in [4.78, 5) is 78.0. The Hall–Kier alpha value is -3.78. The highest BCUT2D eigenvalue weighted by Gasteiger charge is 2.65. The lowest BCUT2D eigenvalue weighted by Crippen LogP contribution is -2.67. The maximum absolute atomic E-state index is 13.9. The van der Waals surface area contributed by atoms with Crippen LogP contribution in [0.15, 0.2) is 30.3 Å². The van der Waals surface area contributed by atoms with E-state index in [0.29, 0.717) is 17.0 Å². The highest BCUT2D eigenvalue weighted by atomic mass is 16.3. The molecule has 0 radical (unpaired) electrons. The smallest absolute Gasteiger partial charge is 0.190 e. The summed E-state index contributed by atoms with van der Waals surface area (Å²) in [6.45, 7) is 6.44. The molecule has 0 saturated heterocycles. The van der Waals surface area contributed by atoms with Crippen LogP contribution in [-0.4, -0.2) is 50.5 Å². The molecule has 2 aromatic carbocycles. The van der Waals surface area contributed by atoms with E-state index < -0.39 is 69.7 Å². The molecule has 0 spiro atoms. The second-order valence-corrected chi connectivity index (χ2v) is 11.5. The number of fused-ring (bicyclic) bond motifs is 3. The Kier molecular flexibility index (Phi) is 6.30. The zero-order valence-corrected chi connectivity index (χ0v) is 22.2. The molecule has 0 bridgehead atoms. The summed E-state index contributed by atoms with van der Waals surface area (Å²) in [6.07, 6.45) is -0.114. The fourth-order valence-corrected chi connectivity index (χ4v) is 6.73. The van der Waals surface area contributed by atoms with Crippen LogP contribution in [0.5, 0.6) is 5.75 Å². The van der Waals surface area contributed by atoms with Crippen molar-refractivity contribution in [3.63, 3.8) is 0 Å². The van der Waals surface area contributed by atoms with Crippen molar-refractivity contribution in [1.82, 2.24) is 0 Å². The summed E-state index contributed by atoms with van der Waals surface area (Å²) in [5, 5.41) is 22.5. The number of phenolic OH excluding ortho intramolecular Hbond substituents is 1. The van der Waals surface area contributed by atoms with Crippen LogP contribution in [0.3, 0.4) is 0 Å². The van der Waals surface area contributed by atoms with Crippen LogP contribution in [0.25, 0.3) is 11.1 Å². The molecule has 5 rings (SSSR count). The molecule has 2 fully saturated rings. The highest BCUT2D eigenvalue weighted by molar-refractivity contribution is 6.31. The molecule has 2 N–H and O–H groups in total. The first kappa shape index (κ1) is 26.8. The molecular formula is C31H30O8. The standard InChI is InChI=1S/C31H30O8/c1-13(2)16-5-7-17(8-6-16)21-12-20(14(3)32)27(35)26-22(21)10-18-9-19-11-23(34)24(15(4)33)29(37)31(19,39)30(38)25(18)28(26)36/h5-8,12-13,18-19,24-25,35,39H,9-11H2,1-4H3. The Balaban J connectivity index is 1.66. The van der Waals surface area contributed by atoms with E-state index in [0.717, 1.165) is 18.1 Å². The molecule has 3 aliphatic carbocycles. The fraction of sp³-hybridized carbons (Fsp3) is 0.419. The van der Waals surface area contributed by atoms with Gasteiger partial charge in [-0.3, -0.25) is 28.8 Å². The zero-order chi connectivity index (χ0) is 28.5. The molecule has 3 aliphatic rings. The Morgan fingerprint density at radius 2 is 1.62 bits per heavy atom. The van der Waals surface area contributed by atoms with Gasteiger partial charge in [-0.05, 0) is 66.8 Å². The number of hydrogen-bond donors (Lipinski definition) is 2. The molecule has 5 atom stereocenters. The van der Waals surface area contributed by atoms with Gasteiger partial charge in [0, 0.05) is 12.3 Å². The number of aliphatic hydroxyl groups is 1. The molecule has 2 aromatic rings. The number of carbonyl (C=O) groups is 6. The molecular weight excluding hydrogens is 500 g/mol. The summed E-state index contributed by atoms with van der Waals surface area (Å²) in [5.74, 6) is -9.96. The van der Waals surface area contributed by atoms with Gasteiger partial charge in [0.2, 0.25) is 0 Å². The van der Waals surface area contributed by atoms with Gasteiger partial charge in [-0.15, -0.1) is 0 Å². The first-order chi connectivity index (χ1) is 18.3. The van der Waals surface area contributed by atoms with Crippen molar-refractivity contribution < 1.29 is 39.0 Å². The van der Waals surface area contributed by atoms with E-state index in [4.69, 9.17) is 0 Å². The number of benzene rings is 2. The quantitative estimate of drug-likeness (QED) is 0.452. The topological polar surface area (TPSA) is 143 Å². The van der Waals surface area contributed by atoms with Crippen molar-refractivity contribution in [3.8, 4) is 16.9 Å². The Labute approximate surface area is 225 Å². The summed E-state index contributed by atoms with van der Waals surface area (Å²) in [7, 11) is 0. The first-order valence-corrected chi connectivity index (χ1v) is 13.2. The van der Waals surface area contributed by atoms with Crippen LogP contribution in [0.2, 0.25) is 0 Å². The number of carbonyl (C=O) groups excluding carboxylic acids is 6. The summed E-state index contributed by atoms with van der Waals surface area (Å²) in [6, 6.07) is 9.23. The Bertz CT molecular complexity index is 1480. The van der Waals surface area contributed by atoms with Crippen LogP contribution in [0.1, 0.15) is 78.3 Å². The van der Waals surface area contributed by atoms with Gasteiger partial charge < -0.3 is 10.2 Å². The predicted octanol–water partition coefficient (Wildman–Crippen LogP) is 3.42. The molecule has 8 nitrogen and oxygen atoms in total. The number of hydrogen-bond acceptors (Lipinski definition) is 8. The monoisotopic (exact) mass is 530 g/mol. The van der Waals surface area contributed by atoms with E-state index >= 15 is 0 Å². The first-order valence-electron chi connectivity index (χ1n) is 13.2. The van der Waals surface area contributed by atoms with E-state index in [1.54, 1.807) is 6.07 Å². The van der Waals surface area contributed by atoms with E-state index in [2.05, 4.69) is 13.8 Å². The normalized spacial score (nSPS) is 28.2. The molecule has 8 heteroatoms. The molecule has 2 saturated carbocycles. The average Bonchev–Trinajstić information content (AvgIpc) is 2.86. The van der Waals surface area contributed by atoms with Crippen LogP contribution >= 0.6 is 0 Å². The van der Waals surface area contributed by atoms with Crippen molar-refractivity contribution in [2.24, 2.45) is 23.7 Å². The van der Waals surface area contributed by atoms with Gasteiger partial charge in [0.15, 0.2) is 34.5 Å². The Morgan fingerprint density at radius 3 is 2.18 bits per heavy atom. The second kappa shape index (κ2) is 9.16. The van der Waals surface area contributed by atoms with E-state index in [-0.39, 0.29) is 30.4 Å². The van der Waals surface area contributed by atoms with Gasteiger partial charge >= 0.3 is 0 Å². The van der Waals surface area contributed by atoms with Crippen molar-refractivity contribution in [3.05, 3.63) is 52.6 Å². The maximum Gasteiger partial charge on any atom is 0.190 e. The minimum absolute atomic E-state index is 0.0428. The predicted molar refractivity (Wildman–Crippen MR) is 140 cm³/mol. The molecule has 0 heterocycles. The van der Waals surface area contributed by atoms with Crippen molar-refractivity contribution in [2.45, 2.75) is 58.5 Å². The van der Waals surface area contributed by atoms with Crippen molar-refractivity contribution in [1.29, 1.82) is 0 Å². The third-order valence-corrected chi connectivity index (χ3v) is 8.79. The minimum atomic E-state index is -2.64. The van der Waals surface area contributed by atoms with Crippen molar-refractivity contribution >= 4 is 34.7 Å². The lowest BCUT2D eigenvalue weighted by atomic mass is 9.53. The van der Waals surface area contributed by atoms with Gasteiger partial charge in [0.05, 0.1) is 17.0 Å². The molecule has 202 valence electrons. The van der Waals surface area contributed by atoms with Gasteiger partial charge in [0.1, 0.15) is 17.5 Å². The average molecular weight is 531 g/mol. The van der Waals surface area contributed by atoms with Gasteiger partial charge in [-0.25, -0.2) is 0 Å². The number of aromatic hydroxyl groups is 1. The number of rotatable bonds is 4. The largest absolute Gasteiger partial charge is 0.506 e. The van der Waals surface area contributed by atoms with E-state index in [9.17, 15) is 39.0 Å². The Morgan fingerprint density at radius 1 is 0.974 bits per heavy atom. The molecule has 5 unspecified atom stereocenters. The molecule has 39 heavy (non-hydrogen) atoms. The van der Waals surface area contributed by atoms with Crippen LogP contribution < -0.4 is 0 Å². The molecule has 0 aromatic heterocycles. The summed E-state index contributed by atoms with van der Waals surface area (Å²) < 4.78 is 0. The third kappa shape index (κ3) is 3.84. The van der Waals surface area contributed by atoms with E-state index in [1.807, 2.05) is 24.3 Å². The van der Waals surface area contributed by atoms with E-state index in [1.165, 1.54) is 6.92 Å². The molecule has 0 aliphatic heterocycles. The fourth-order valence-electron chi connectivity index (χ4n) is 6.73. The van der Waals surface area contributed by atoms with Gasteiger partial charge in [0.25, 0.3) is 0 Å². The lowest BCUT2D eigenvalue weighted by Gasteiger charge is -2.48. The van der Waals surface area contributed by atoms with Crippen LogP contribution in [0.4, 0.5) is 0 Å². The summed E-state index contributed by atoms with van der Waals surface area (Å²) in [5.41, 5.74) is 0.0219. The number of phenols is 1. The van der Waals surface area contributed by atoms with Crippen molar-refractivity contribution in [2.75, 3.05) is 0 Å². The second-order valence-electron chi connectivity index (χ2n) is 11.5. The lowest BCUT2D eigenvalue weighted by molar-refractivity contribution is -0.175. The number of Topliss-reactive ketones (excluding diaryl/α,β-unsaturated/α-hetero) is 6. The number of ketones is 6. The molecule has 0 amide bonds. The van der Waals surface area contributed by atoms with Gasteiger partial charge in [-0.2, -0.15) is 0 Å². The highest BCUT2D eigenvalue weighted by Crippen LogP contribution is 2.51. The van der Waals surface area contributed by atoms with Crippen LogP contribution in [-0.2, 0) is 25.6 Å².